The van der Waals surface area contributed by atoms with Crippen LogP contribution in [0.3, 0.4) is 0 Å². The second kappa shape index (κ2) is 7.35. The van der Waals surface area contributed by atoms with Crippen molar-refractivity contribution in [1.82, 2.24) is 0 Å². The van der Waals surface area contributed by atoms with E-state index in [1.165, 1.54) is 0 Å². The molecule has 0 aromatic carbocycles. The Kier molecular flexibility index (Phi) is 5.41. The Morgan fingerprint density at radius 2 is 1.72 bits per heavy atom. The van der Waals surface area contributed by atoms with Gasteiger partial charge in [0.2, 0.25) is 0 Å². The van der Waals surface area contributed by atoms with Gasteiger partial charge in [0.15, 0.2) is 0 Å². The van der Waals surface area contributed by atoms with E-state index in [1.54, 1.807) is 0 Å². The molecule has 1 unspecified atom stereocenters. The lowest BCUT2D eigenvalue weighted by Crippen LogP contribution is -2.60. The maximum Gasteiger partial charge on any atom is 0.303 e. The predicted octanol–water partition coefficient (Wildman–Crippen LogP) is 4.93. The maximum absolute atomic E-state index is 13.9. The minimum Gasteiger partial charge on any atom is -0.481 e. The number of rotatable bonds is 4. The highest BCUT2D eigenvalue weighted by atomic mass is 16.4. The molecule has 4 saturated carbocycles. The fourth-order valence-electron chi connectivity index (χ4n) is 9.03. The minimum atomic E-state index is -0.700. The molecule has 164 valence electrons. The van der Waals surface area contributed by atoms with E-state index in [4.69, 9.17) is 0 Å². The summed E-state index contributed by atoms with van der Waals surface area (Å²) in [6.45, 7) is 9.06. The van der Waals surface area contributed by atoms with E-state index in [0.29, 0.717) is 29.5 Å². The standard InChI is InChI=1S/C25H40O4/c1-5-16-20-13-15(26)8-10-25(20,4)19-9-11-24(3)17(14(2)12-21(27)28)6-7-18(24)22(19)23(16)29/h14-20,22,26H,5-13H2,1-4H3,(H,27,28)/t14-,15-,16-,17?,18+,19+,20+,22+,24-,25-/m1/s1. The molecule has 0 aromatic heterocycles. The van der Waals surface area contributed by atoms with Crippen LogP contribution in [0.5, 0.6) is 0 Å². The topological polar surface area (TPSA) is 74.6 Å². The van der Waals surface area contributed by atoms with Gasteiger partial charge in [0.25, 0.3) is 0 Å². The maximum atomic E-state index is 13.9. The van der Waals surface area contributed by atoms with Gasteiger partial charge in [-0.1, -0.05) is 27.7 Å². The van der Waals surface area contributed by atoms with Gasteiger partial charge >= 0.3 is 5.97 Å². The fourth-order valence-corrected chi connectivity index (χ4v) is 9.03. The lowest BCUT2D eigenvalue weighted by Gasteiger charge is -2.62. The van der Waals surface area contributed by atoms with Crippen LogP contribution in [-0.2, 0) is 9.59 Å². The SMILES string of the molecule is CC[C@H]1C(=O)[C@@H]2[C@H](CC[C@]3(C)C([C@H](C)CC(=O)O)CC[C@@H]23)[C@@]2(C)CC[C@@H](O)C[C@@H]12. The number of aliphatic hydroxyl groups excluding tert-OH is 1. The van der Waals surface area contributed by atoms with Gasteiger partial charge in [0.1, 0.15) is 5.78 Å². The van der Waals surface area contributed by atoms with Crippen molar-refractivity contribution >= 4 is 11.8 Å². The molecule has 0 aromatic rings. The van der Waals surface area contributed by atoms with Crippen LogP contribution in [-0.4, -0.2) is 28.1 Å². The lowest BCUT2D eigenvalue weighted by atomic mass is 9.42. The molecular weight excluding hydrogens is 364 g/mol. The van der Waals surface area contributed by atoms with Crippen molar-refractivity contribution in [3.05, 3.63) is 0 Å². The highest BCUT2D eigenvalue weighted by Gasteiger charge is 2.65. The Labute approximate surface area is 175 Å². The Balaban J connectivity index is 1.67. The van der Waals surface area contributed by atoms with Gasteiger partial charge in [0, 0.05) is 18.3 Å². The molecule has 0 bridgehead atoms. The van der Waals surface area contributed by atoms with Gasteiger partial charge in [-0.25, -0.2) is 0 Å². The van der Waals surface area contributed by atoms with Crippen LogP contribution in [0.2, 0.25) is 0 Å². The van der Waals surface area contributed by atoms with E-state index < -0.39 is 5.97 Å². The van der Waals surface area contributed by atoms with Crippen molar-refractivity contribution in [2.75, 3.05) is 0 Å². The van der Waals surface area contributed by atoms with Gasteiger partial charge in [0.05, 0.1) is 6.10 Å². The third-order valence-corrected chi connectivity index (χ3v) is 10.4. The van der Waals surface area contributed by atoms with Crippen LogP contribution in [0.4, 0.5) is 0 Å². The van der Waals surface area contributed by atoms with Gasteiger partial charge in [-0.15, -0.1) is 0 Å². The molecule has 0 amide bonds. The molecule has 4 nitrogen and oxygen atoms in total. The number of fused-ring (bicyclic) bond motifs is 5. The molecule has 4 aliphatic carbocycles. The average Bonchev–Trinajstić information content (AvgIpc) is 3.00. The second-order valence-electron chi connectivity index (χ2n) is 11.5. The normalized spacial score (nSPS) is 50.4. The summed E-state index contributed by atoms with van der Waals surface area (Å²) in [5.41, 5.74) is 0.270. The van der Waals surface area contributed by atoms with Crippen molar-refractivity contribution in [2.24, 2.45) is 52.3 Å². The summed E-state index contributed by atoms with van der Waals surface area (Å²) < 4.78 is 0. The Bertz CT molecular complexity index is 674. The summed E-state index contributed by atoms with van der Waals surface area (Å²) in [5.74, 6) is 1.80. The van der Waals surface area contributed by atoms with Gasteiger partial charge < -0.3 is 10.2 Å². The van der Waals surface area contributed by atoms with Crippen molar-refractivity contribution in [3.63, 3.8) is 0 Å². The number of ketones is 1. The highest BCUT2D eigenvalue weighted by Crippen LogP contribution is 2.68. The minimum absolute atomic E-state index is 0.0917. The number of hydrogen-bond donors (Lipinski definition) is 2. The third kappa shape index (κ3) is 3.11. The number of aliphatic carboxylic acids is 1. The smallest absolute Gasteiger partial charge is 0.303 e. The van der Waals surface area contributed by atoms with Crippen molar-refractivity contribution in [1.29, 1.82) is 0 Å². The van der Waals surface area contributed by atoms with Gasteiger partial charge in [-0.3, -0.25) is 9.59 Å². The van der Waals surface area contributed by atoms with E-state index in [2.05, 4.69) is 27.7 Å². The lowest BCUT2D eigenvalue weighted by molar-refractivity contribution is -0.173. The van der Waals surface area contributed by atoms with Crippen molar-refractivity contribution in [2.45, 2.75) is 91.6 Å². The first-order valence-corrected chi connectivity index (χ1v) is 12.1. The predicted molar refractivity (Wildman–Crippen MR) is 112 cm³/mol. The van der Waals surface area contributed by atoms with Gasteiger partial charge in [-0.05, 0) is 91.8 Å². The number of carbonyl (C=O) groups excluding carboxylic acids is 1. The zero-order valence-corrected chi connectivity index (χ0v) is 18.7. The number of hydrogen-bond acceptors (Lipinski definition) is 3. The van der Waals surface area contributed by atoms with Crippen LogP contribution >= 0.6 is 0 Å². The van der Waals surface area contributed by atoms with E-state index in [1.807, 2.05) is 0 Å². The Morgan fingerprint density at radius 1 is 1.07 bits per heavy atom. The fraction of sp³-hybridized carbons (Fsp3) is 0.920. The summed E-state index contributed by atoms with van der Waals surface area (Å²) in [5, 5.41) is 19.7. The highest BCUT2D eigenvalue weighted by molar-refractivity contribution is 5.86. The molecule has 0 saturated heterocycles. The number of carboxylic acid groups (broad SMARTS) is 1. The molecule has 0 aliphatic heterocycles. The summed E-state index contributed by atoms with van der Waals surface area (Å²) >= 11 is 0. The molecular formula is C25H40O4. The molecule has 4 rings (SSSR count). The number of aliphatic hydroxyl groups is 1. The first-order chi connectivity index (χ1) is 13.6. The summed E-state index contributed by atoms with van der Waals surface area (Å²) in [6, 6.07) is 0. The van der Waals surface area contributed by atoms with Crippen LogP contribution in [0, 0.1) is 52.3 Å². The molecule has 4 heteroatoms. The van der Waals surface area contributed by atoms with Crippen LogP contribution < -0.4 is 0 Å². The van der Waals surface area contributed by atoms with Crippen LogP contribution in [0.15, 0.2) is 0 Å². The van der Waals surface area contributed by atoms with Gasteiger partial charge in [-0.2, -0.15) is 0 Å². The van der Waals surface area contributed by atoms with Crippen molar-refractivity contribution < 1.29 is 19.8 Å². The molecule has 10 atom stereocenters. The number of Topliss-reactive ketones (excluding diaryl/α,β-unsaturated/α-hetero) is 1. The quantitative estimate of drug-likeness (QED) is 0.696. The first kappa shape index (κ1) is 21.3. The largest absolute Gasteiger partial charge is 0.481 e. The second-order valence-corrected chi connectivity index (χ2v) is 11.5. The molecule has 0 radical (unpaired) electrons. The van der Waals surface area contributed by atoms with E-state index in [-0.39, 0.29) is 41.1 Å². The zero-order chi connectivity index (χ0) is 21.1. The third-order valence-electron chi connectivity index (χ3n) is 10.4. The van der Waals surface area contributed by atoms with Crippen molar-refractivity contribution in [3.8, 4) is 0 Å². The number of carboxylic acids is 1. The molecule has 4 fully saturated rings. The summed E-state index contributed by atoms with van der Waals surface area (Å²) in [6.07, 6.45) is 7.98. The van der Waals surface area contributed by atoms with E-state index in [0.717, 1.165) is 51.4 Å². The molecule has 2 N–H and O–H groups in total. The monoisotopic (exact) mass is 404 g/mol. The number of carbonyl (C=O) groups is 2. The Hall–Kier alpha value is -0.900. The molecule has 4 aliphatic rings. The first-order valence-electron chi connectivity index (χ1n) is 12.1. The Morgan fingerprint density at radius 3 is 2.38 bits per heavy atom. The molecule has 29 heavy (non-hydrogen) atoms. The summed E-state index contributed by atoms with van der Waals surface area (Å²) in [7, 11) is 0. The van der Waals surface area contributed by atoms with E-state index >= 15 is 0 Å². The van der Waals surface area contributed by atoms with Crippen LogP contribution in [0.1, 0.15) is 85.5 Å². The van der Waals surface area contributed by atoms with E-state index in [9.17, 15) is 19.8 Å². The van der Waals surface area contributed by atoms with Crippen LogP contribution in [0.25, 0.3) is 0 Å². The average molecular weight is 405 g/mol. The molecule has 0 heterocycles. The molecule has 0 spiro atoms. The summed E-state index contributed by atoms with van der Waals surface area (Å²) in [4.78, 5) is 25.2. The zero-order valence-electron chi connectivity index (χ0n) is 18.7.